The quantitative estimate of drug-likeness (QED) is 0.555. The molecule has 2 aromatic carbocycles. The molecule has 0 bridgehead atoms. The molecule has 0 aliphatic rings. The highest BCUT2D eigenvalue weighted by Gasteiger charge is 2.11. The van der Waals surface area contributed by atoms with E-state index in [0.29, 0.717) is 17.2 Å². The van der Waals surface area contributed by atoms with Gasteiger partial charge in [0.1, 0.15) is 0 Å². The van der Waals surface area contributed by atoms with Gasteiger partial charge in [-0.05, 0) is 49.0 Å². The first-order valence-electron chi connectivity index (χ1n) is 7.72. The van der Waals surface area contributed by atoms with Gasteiger partial charge in [0.05, 0.1) is 6.04 Å². The summed E-state index contributed by atoms with van der Waals surface area (Å²) < 4.78 is 0. The maximum atomic E-state index is 12.3. The van der Waals surface area contributed by atoms with Gasteiger partial charge >= 0.3 is 0 Å². The molecule has 2 rings (SSSR count). The van der Waals surface area contributed by atoms with Crippen molar-refractivity contribution in [3.8, 4) is 0 Å². The fourth-order valence-corrected chi connectivity index (χ4v) is 2.35. The second kappa shape index (κ2) is 8.84. The van der Waals surface area contributed by atoms with Crippen LogP contribution in [-0.2, 0) is 0 Å². The van der Waals surface area contributed by atoms with E-state index in [4.69, 9.17) is 12.2 Å². The summed E-state index contributed by atoms with van der Waals surface area (Å²) in [5.41, 5.74) is 2.50. The Morgan fingerprint density at radius 2 is 1.83 bits per heavy atom. The zero-order valence-corrected chi connectivity index (χ0v) is 14.4. The number of carbonyl (C=O) groups is 1. The molecule has 124 valence electrons. The Balaban J connectivity index is 1.93. The molecule has 0 aromatic heterocycles. The fourth-order valence-electron chi connectivity index (χ4n) is 2.15. The van der Waals surface area contributed by atoms with Gasteiger partial charge in [-0.25, -0.2) is 0 Å². The van der Waals surface area contributed by atoms with Gasteiger partial charge in [0.2, 0.25) is 0 Å². The molecule has 2 aromatic rings. The van der Waals surface area contributed by atoms with Gasteiger partial charge in [0.15, 0.2) is 5.11 Å². The van der Waals surface area contributed by atoms with E-state index in [1.165, 1.54) is 0 Å². The van der Waals surface area contributed by atoms with Gasteiger partial charge < -0.3 is 16.0 Å². The van der Waals surface area contributed by atoms with Gasteiger partial charge in [-0.2, -0.15) is 0 Å². The van der Waals surface area contributed by atoms with Crippen LogP contribution in [0, 0.1) is 0 Å². The fraction of sp³-hybridized carbons (Fsp3) is 0.158. The minimum absolute atomic E-state index is 0.0489. The van der Waals surface area contributed by atoms with Gasteiger partial charge in [-0.15, -0.1) is 6.58 Å². The first-order valence-corrected chi connectivity index (χ1v) is 8.12. The van der Waals surface area contributed by atoms with Gasteiger partial charge in [0, 0.05) is 17.8 Å². The summed E-state index contributed by atoms with van der Waals surface area (Å²) in [6.07, 6.45) is 1.73. The van der Waals surface area contributed by atoms with Crippen LogP contribution in [0.2, 0.25) is 0 Å². The predicted octanol–water partition coefficient (Wildman–Crippen LogP) is 3.65. The average Bonchev–Trinajstić information content (AvgIpc) is 2.61. The Morgan fingerprint density at radius 1 is 1.17 bits per heavy atom. The van der Waals surface area contributed by atoms with Crippen LogP contribution in [0.3, 0.4) is 0 Å². The molecule has 0 aliphatic carbocycles. The maximum absolute atomic E-state index is 12.3. The molecule has 4 nitrogen and oxygen atoms in total. The van der Waals surface area contributed by atoms with Gasteiger partial charge in [-0.3, -0.25) is 4.79 Å². The number of carbonyl (C=O) groups excluding carboxylic acids is 1. The minimum atomic E-state index is -0.106. The average molecular weight is 339 g/mol. The van der Waals surface area contributed by atoms with Crippen molar-refractivity contribution in [3.05, 3.63) is 78.4 Å². The summed E-state index contributed by atoms with van der Waals surface area (Å²) in [6.45, 7) is 6.19. The number of nitrogens with one attached hydrogen (secondary N) is 3. The van der Waals surface area contributed by atoms with E-state index in [0.717, 1.165) is 11.3 Å². The number of rotatable bonds is 6. The van der Waals surface area contributed by atoms with E-state index in [9.17, 15) is 4.79 Å². The molecule has 0 saturated carbocycles. The van der Waals surface area contributed by atoms with E-state index < -0.39 is 0 Å². The summed E-state index contributed by atoms with van der Waals surface area (Å²) in [6, 6.07) is 17.0. The zero-order chi connectivity index (χ0) is 17.4. The summed E-state index contributed by atoms with van der Waals surface area (Å²) in [7, 11) is 0. The van der Waals surface area contributed by atoms with Crippen molar-refractivity contribution in [2.24, 2.45) is 0 Å². The highest BCUT2D eigenvalue weighted by molar-refractivity contribution is 7.80. The van der Waals surface area contributed by atoms with Gasteiger partial charge in [0.25, 0.3) is 5.91 Å². The molecular formula is C19H21N3OS. The van der Waals surface area contributed by atoms with Crippen molar-refractivity contribution in [1.82, 2.24) is 10.6 Å². The monoisotopic (exact) mass is 339 g/mol. The van der Waals surface area contributed by atoms with Crippen molar-refractivity contribution in [2.45, 2.75) is 13.0 Å². The SMILES string of the molecule is C=CCNC(=S)Nc1ccc(C(=O)NC(C)c2ccccc2)cc1. The maximum Gasteiger partial charge on any atom is 0.251 e. The van der Waals surface area contributed by atoms with E-state index in [-0.39, 0.29) is 11.9 Å². The highest BCUT2D eigenvalue weighted by Crippen LogP contribution is 2.14. The molecule has 24 heavy (non-hydrogen) atoms. The van der Waals surface area contributed by atoms with Gasteiger partial charge in [-0.1, -0.05) is 36.4 Å². The third kappa shape index (κ3) is 5.21. The lowest BCUT2D eigenvalue weighted by Crippen LogP contribution is -2.28. The normalized spacial score (nSPS) is 11.2. The topological polar surface area (TPSA) is 53.2 Å². The van der Waals surface area contributed by atoms with Crippen molar-refractivity contribution in [2.75, 3.05) is 11.9 Å². The lowest BCUT2D eigenvalue weighted by molar-refractivity contribution is 0.0940. The zero-order valence-electron chi connectivity index (χ0n) is 13.6. The van der Waals surface area contributed by atoms with Crippen molar-refractivity contribution >= 4 is 28.9 Å². The third-order valence-electron chi connectivity index (χ3n) is 3.46. The molecule has 0 saturated heterocycles. The minimum Gasteiger partial charge on any atom is -0.359 e. The van der Waals surface area contributed by atoms with E-state index in [1.54, 1.807) is 18.2 Å². The predicted molar refractivity (Wildman–Crippen MR) is 103 cm³/mol. The van der Waals surface area contributed by atoms with Crippen LogP contribution in [-0.4, -0.2) is 17.6 Å². The largest absolute Gasteiger partial charge is 0.359 e. The molecule has 1 atom stereocenters. The lowest BCUT2D eigenvalue weighted by atomic mass is 10.1. The molecule has 5 heteroatoms. The van der Waals surface area contributed by atoms with Crippen molar-refractivity contribution in [3.63, 3.8) is 0 Å². The molecule has 0 fully saturated rings. The van der Waals surface area contributed by atoms with Crippen LogP contribution in [0.15, 0.2) is 67.3 Å². The molecule has 1 unspecified atom stereocenters. The molecule has 0 aliphatic heterocycles. The van der Waals surface area contributed by atoms with Crippen LogP contribution in [0.4, 0.5) is 5.69 Å². The first kappa shape index (κ1) is 17.7. The third-order valence-corrected chi connectivity index (χ3v) is 3.71. The van der Waals surface area contributed by atoms with Crippen LogP contribution in [0.5, 0.6) is 0 Å². The summed E-state index contributed by atoms with van der Waals surface area (Å²) >= 11 is 5.15. The Kier molecular flexibility index (Phi) is 6.51. The number of anilines is 1. The Bertz CT molecular complexity index is 698. The molecule has 1 amide bonds. The molecular weight excluding hydrogens is 318 g/mol. The number of hydrogen-bond acceptors (Lipinski definition) is 2. The summed E-state index contributed by atoms with van der Waals surface area (Å²) in [5, 5.41) is 9.55. The summed E-state index contributed by atoms with van der Waals surface area (Å²) in [5.74, 6) is -0.106. The number of benzene rings is 2. The Morgan fingerprint density at radius 3 is 2.46 bits per heavy atom. The molecule has 0 spiro atoms. The Labute approximate surface area is 148 Å². The highest BCUT2D eigenvalue weighted by atomic mass is 32.1. The number of thiocarbonyl (C=S) groups is 1. The molecule has 0 radical (unpaired) electrons. The van der Waals surface area contributed by atoms with Crippen LogP contribution in [0.1, 0.15) is 28.9 Å². The van der Waals surface area contributed by atoms with E-state index >= 15 is 0 Å². The summed E-state index contributed by atoms with van der Waals surface area (Å²) in [4.78, 5) is 12.3. The first-order chi connectivity index (χ1) is 11.6. The number of hydrogen-bond donors (Lipinski definition) is 3. The van der Waals surface area contributed by atoms with Crippen LogP contribution >= 0.6 is 12.2 Å². The second-order valence-electron chi connectivity index (χ2n) is 5.31. The standard InChI is InChI=1S/C19H21N3OS/c1-3-13-20-19(24)22-17-11-9-16(10-12-17)18(23)21-14(2)15-7-5-4-6-8-15/h3-12,14H,1,13H2,2H3,(H,21,23)(H2,20,22,24). The van der Waals surface area contributed by atoms with E-state index in [2.05, 4.69) is 22.5 Å². The van der Waals surface area contributed by atoms with Crippen LogP contribution in [0.25, 0.3) is 0 Å². The number of amides is 1. The van der Waals surface area contributed by atoms with Crippen molar-refractivity contribution in [1.29, 1.82) is 0 Å². The molecule has 3 N–H and O–H groups in total. The second-order valence-corrected chi connectivity index (χ2v) is 5.72. The lowest BCUT2D eigenvalue weighted by Gasteiger charge is -2.14. The van der Waals surface area contributed by atoms with E-state index in [1.807, 2.05) is 49.4 Å². The molecule has 0 heterocycles. The Hall–Kier alpha value is -2.66. The van der Waals surface area contributed by atoms with Crippen LogP contribution < -0.4 is 16.0 Å². The van der Waals surface area contributed by atoms with Crippen molar-refractivity contribution < 1.29 is 4.79 Å². The smallest absolute Gasteiger partial charge is 0.251 e.